The average Bonchev–Trinajstić information content (AvgIpc) is 3.66. The van der Waals surface area contributed by atoms with Crippen molar-refractivity contribution in [3.8, 4) is 17.0 Å². The summed E-state index contributed by atoms with van der Waals surface area (Å²) >= 11 is 0. The van der Waals surface area contributed by atoms with Gasteiger partial charge in [-0.05, 0) is 56.4 Å². The van der Waals surface area contributed by atoms with Crippen LogP contribution in [0.3, 0.4) is 0 Å². The number of benzene rings is 1. The number of aliphatic imine (C=N–C) groups is 1. The van der Waals surface area contributed by atoms with Gasteiger partial charge < -0.3 is 20.9 Å². The Labute approximate surface area is 210 Å². The molecule has 0 bridgehead atoms. The Morgan fingerprint density at radius 2 is 1.94 bits per heavy atom. The van der Waals surface area contributed by atoms with E-state index in [1.807, 2.05) is 51.1 Å². The quantitative estimate of drug-likeness (QED) is 0.319. The number of ether oxygens (including phenoxy) is 1. The van der Waals surface area contributed by atoms with Gasteiger partial charge in [-0.25, -0.2) is 0 Å². The highest BCUT2D eigenvalue weighted by molar-refractivity contribution is 6.27. The minimum absolute atomic E-state index is 0.0249. The highest BCUT2D eigenvalue weighted by atomic mass is 16.5. The highest BCUT2D eigenvalue weighted by Gasteiger charge is 2.52. The number of pyridine rings is 1. The van der Waals surface area contributed by atoms with Crippen molar-refractivity contribution in [3.63, 3.8) is 0 Å². The van der Waals surface area contributed by atoms with Gasteiger partial charge in [0.25, 0.3) is 0 Å². The summed E-state index contributed by atoms with van der Waals surface area (Å²) in [4.78, 5) is 29.2. The summed E-state index contributed by atoms with van der Waals surface area (Å²) in [5.74, 6) is 0.605. The van der Waals surface area contributed by atoms with Crippen LogP contribution < -0.4 is 15.8 Å². The minimum Gasteiger partial charge on any atom is -0.481 e. The van der Waals surface area contributed by atoms with Gasteiger partial charge in [0.2, 0.25) is 5.88 Å². The molecule has 2 heterocycles. The van der Waals surface area contributed by atoms with Crippen molar-refractivity contribution in [1.82, 2.24) is 15.0 Å². The number of rotatable bonds is 8. The summed E-state index contributed by atoms with van der Waals surface area (Å²) < 4.78 is 5.61. The lowest BCUT2D eigenvalue weighted by Gasteiger charge is -2.15. The summed E-state index contributed by atoms with van der Waals surface area (Å²) in [7, 11) is 1.65. The van der Waals surface area contributed by atoms with Gasteiger partial charge in [-0.3, -0.25) is 19.8 Å². The molecule has 0 atom stereocenters. The molecule has 0 unspecified atom stereocenters. The molecule has 4 rings (SSSR count). The fourth-order valence-corrected chi connectivity index (χ4v) is 4.18. The van der Waals surface area contributed by atoms with E-state index in [4.69, 9.17) is 10.5 Å². The van der Waals surface area contributed by atoms with Crippen LogP contribution in [0.4, 0.5) is 5.82 Å². The molecule has 0 spiro atoms. The predicted octanol–water partition coefficient (Wildman–Crippen LogP) is 4.19. The second-order valence-electron chi connectivity index (χ2n) is 9.04. The number of aliphatic carboxylic acids is 1. The minimum atomic E-state index is -0.752. The van der Waals surface area contributed by atoms with Gasteiger partial charge in [-0.2, -0.15) is 4.98 Å². The monoisotopic (exact) mass is 486 g/mol. The Morgan fingerprint density at radius 3 is 2.50 bits per heavy atom. The first kappa shape index (κ1) is 24.8. The van der Waals surface area contributed by atoms with Crippen molar-refractivity contribution in [1.29, 1.82) is 0 Å². The lowest BCUT2D eigenvalue weighted by atomic mass is 9.90. The Kier molecular flexibility index (Phi) is 7.00. The molecule has 1 fully saturated rings. The van der Waals surface area contributed by atoms with Crippen molar-refractivity contribution in [2.45, 2.75) is 45.1 Å². The van der Waals surface area contributed by atoms with Gasteiger partial charge in [0, 0.05) is 25.0 Å². The van der Waals surface area contributed by atoms with Crippen molar-refractivity contribution in [3.05, 3.63) is 71.9 Å². The number of hydrogen-bond donors (Lipinski definition) is 3. The Morgan fingerprint density at radius 1 is 1.19 bits per heavy atom. The zero-order valence-electron chi connectivity index (χ0n) is 20.8. The molecule has 3 aromatic rings. The average molecular weight is 487 g/mol. The van der Waals surface area contributed by atoms with Crippen molar-refractivity contribution in [2.24, 2.45) is 10.7 Å². The fraction of sp³-hybridized carbons (Fsp3) is 0.296. The smallest absolute Gasteiger partial charge is 0.314 e. The van der Waals surface area contributed by atoms with Crippen molar-refractivity contribution in [2.75, 3.05) is 12.4 Å². The first-order valence-corrected chi connectivity index (χ1v) is 11.7. The normalized spacial score (nSPS) is 15.0. The van der Waals surface area contributed by atoms with E-state index in [1.165, 1.54) is 6.20 Å². The van der Waals surface area contributed by atoms with Crippen LogP contribution in [0.2, 0.25) is 0 Å². The number of hydrogen-bond acceptors (Lipinski definition) is 7. The van der Waals surface area contributed by atoms with Gasteiger partial charge >= 0.3 is 5.97 Å². The molecule has 4 N–H and O–H groups in total. The van der Waals surface area contributed by atoms with Gasteiger partial charge in [-0.15, -0.1) is 0 Å². The molecule has 1 aliphatic carbocycles. The second kappa shape index (κ2) is 10.2. The van der Waals surface area contributed by atoms with Crippen LogP contribution in [-0.2, 0) is 10.2 Å². The summed E-state index contributed by atoms with van der Waals surface area (Å²) in [6, 6.07) is 9.71. The number of amidine groups is 1. The van der Waals surface area contributed by atoms with Crippen LogP contribution in [0.25, 0.3) is 16.7 Å². The Hall–Kier alpha value is -4.27. The molecule has 0 radical (unpaired) electrons. The number of carboxylic acids is 1. The summed E-state index contributed by atoms with van der Waals surface area (Å²) in [6.07, 6.45) is 7.68. The van der Waals surface area contributed by atoms with E-state index in [9.17, 15) is 9.90 Å². The predicted molar refractivity (Wildman–Crippen MR) is 140 cm³/mol. The molecule has 1 aliphatic rings. The molecule has 2 aromatic heterocycles. The lowest BCUT2D eigenvalue weighted by Crippen LogP contribution is -2.20. The molecule has 0 saturated heterocycles. The zero-order valence-corrected chi connectivity index (χ0v) is 20.8. The number of nitrogens with two attached hydrogens (primary N) is 1. The summed E-state index contributed by atoms with van der Waals surface area (Å²) in [5.41, 5.74) is 10.2. The standard InChI is InChI=1S/C27H30N6O3/c1-16(2)36-24-15-30-14-23(32-24)33-25(29-4)20(12-28)22-8-6-19(13-31-22)18-5-7-21(17(3)11-18)27(9-10-27)26(34)35/h5-8,11-16H,9-10,28H2,1-4H3,(H,34,35)(H,29,32,33). The first-order valence-electron chi connectivity index (χ1n) is 11.7. The molecule has 186 valence electrons. The summed E-state index contributed by atoms with van der Waals surface area (Å²) in [6.45, 7) is 5.79. The van der Waals surface area contributed by atoms with Gasteiger partial charge in [0.15, 0.2) is 5.82 Å². The lowest BCUT2D eigenvalue weighted by molar-refractivity contribution is -0.140. The van der Waals surface area contributed by atoms with Gasteiger partial charge in [0.05, 0.1) is 35.2 Å². The Balaban J connectivity index is 1.54. The summed E-state index contributed by atoms with van der Waals surface area (Å²) in [5, 5.41) is 12.8. The third-order valence-electron chi connectivity index (χ3n) is 6.13. The molecule has 36 heavy (non-hydrogen) atoms. The van der Waals surface area contributed by atoms with Crippen LogP contribution in [0.15, 0.2) is 60.1 Å². The van der Waals surface area contributed by atoms with Crippen LogP contribution in [0, 0.1) is 6.92 Å². The van der Waals surface area contributed by atoms with E-state index in [2.05, 4.69) is 25.3 Å². The molecular formula is C27H30N6O3. The van der Waals surface area contributed by atoms with E-state index in [-0.39, 0.29) is 6.10 Å². The van der Waals surface area contributed by atoms with Crippen LogP contribution in [-0.4, -0.2) is 45.0 Å². The number of nitrogens with one attached hydrogen (secondary N) is 1. The molecule has 0 aliphatic heterocycles. The van der Waals surface area contributed by atoms with Crippen LogP contribution in [0.5, 0.6) is 5.88 Å². The Bertz CT molecular complexity index is 1330. The molecule has 9 heteroatoms. The number of aromatic nitrogens is 3. The first-order chi connectivity index (χ1) is 17.3. The van der Waals surface area contributed by atoms with Gasteiger partial charge in [0.1, 0.15) is 5.84 Å². The maximum atomic E-state index is 11.7. The number of carboxylic acid groups (broad SMARTS) is 1. The van der Waals surface area contributed by atoms with E-state index < -0.39 is 11.4 Å². The maximum absolute atomic E-state index is 11.7. The third kappa shape index (κ3) is 5.05. The van der Waals surface area contributed by atoms with E-state index >= 15 is 0 Å². The van der Waals surface area contributed by atoms with E-state index in [0.29, 0.717) is 41.6 Å². The van der Waals surface area contributed by atoms with Crippen molar-refractivity contribution < 1.29 is 14.6 Å². The fourth-order valence-electron chi connectivity index (χ4n) is 4.18. The van der Waals surface area contributed by atoms with Gasteiger partial charge in [-0.1, -0.05) is 24.3 Å². The number of anilines is 1. The maximum Gasteiger partial charge on any atom is 0.314 e. The topological polar surface area (TPSA) is 136 Å². The number of nitrogens with zero attached hydrogens (tertiary/aromatic N) is 4. The zero-order chi connectivity index (χ0) is 25.9. The molecule has 0 amide bonds. The van der Waals surface area contributed by atoms with Crippen molar-refractivity contribution >= 4 is 23.2 Å². The van der Waals surface area contributed by atoms with E-state index in [1.54, 1.807) is 25.6 Å². The van der Waals surface area contributed by atoms with E-state index in [0.717, 1.165) is 22.3 Å². The number of carbonyl (C=O) groups is 1. The highest BCUT2D eigenvalue weighted by Crippen LogP contribution is 2.49. The molecule has 1 saturated carbocycles. The second-order valence-corrected chi connectivity index (χ2v) is 9.04. The van der Waals surface area contributed by atoms with Crippen LogP contribution in [0.1, 0.15) is 43.5 Å². The molecule has 1 aromatic carbocycles. The van der Waals surface area contributed by atoms with Crippen LogP contribution >= 0.6 is 0 Å². The largest absolute Gasteiger partial charge is 0.481 e. The third-order valence-corrected chi connectivity index (χ3v) is 6.13. The number of aryl methyl sites for hydroxylation is 1. The molecule has 9 nitrogen and oxygen atoms in total. The molecular weight excluding hydrogens is 456 g/mol. The SMILES string of the molecule is CN=C(Nc1cncc(OC(C)C)n1)C(=CN)c1ccc(-c2ccc(C3(C(=O)O)CC3)c(C)c2)cn1.